The number of aliphatic hydroxyl groups excluding tert-OH is 2. The molecule has 0 aliphatic carbocycles. The molecule has 7 nitrogen and oxygen atoms in total. The van der Waals surface area contributed by atoms with Crippen molar-refractivity contribution in [2.75, 3.05) is 19.8 Å². The van der Waals surface area contributed by atoms with E-state index in [0.29, 0.717) is 25.1 Å². The van der Waals surface area contributed by atoms with Gasteiger partial charge >= 0.3 is 5.97 Å². The van der Waals surface area contributed by atoms with Crippen LogP contribution < -0.4 is 0 Å². The lowest BCUT2D eigenvalue weighted by Crippen LogP contribution is -1.88. The Kier molecular flexibility index (Phi) is 14.9. The van der Waals surface area contributed by atoms with E-state index >= 15 is 0 Å². The summed E-state index contributed by atoms with van der Waals surface area (Å²) in [5.74, 6) is 1.30. The van der Waals surface area contributed by atoms with Crippen LogP contribution in [-0.4, -0.2) is 42.3 Å². The lowest BCUT2D eigenvalue weighted by Gasteiger charge is -1.85. The van der Waals surface area contributed by atoms with Crippen molar-refractivity contribution < 1.29 is 33.4 Å². The van der Waals surface area contributed by atoms with Gasteiger partial charge in [-0.05, 0) is 50.5 Å². The van der Waals surface area contributed by atoms with Crippen LogP contribution in [0.5, 0.6) is 0 Å². The average Bonchev–Trinajstić information content (AvgIpc) is 3.38. The van der Waals surface area contributed by atoms with E-state index in [-0.39, 0.29) is 19.2 Å². The summed E-state index contributed by atoms with van der Waals surface area (Å²) in [6.07, 6.45) is 6.77. The average molecular weight is 354 g/mol. The minimum absolute atomic E-state index is 0.0463. The van der Waals surface area contributed by atoms with Gasteiger partial charge in [0.2, 0.25) is 0 Å². The second kappa shape index (κ2) is 16.5. The minimum atomic E-state index is -0.0463. The first-order valence-corrected chi connectivity index (χ1v) is 8.00. The molecule has 2 aromatic rings. The van der Waals surface area contributed by atoms with Crippen LogP contribution in [0.15, 0.2) is 45.6 Å². The maximum Gasteiger partial charge on any atom is 0.305 e. The second-order valence-electron chi connectivity index (χ2n) is 4.84. The number of unbranched alkanes of at least 4 members (excludes halogenated alkanes) is 1. The zero-order valence-corrected chi connectivity index (χ0v) is 14.4. The summed E-state index contributed by atoms with van der Waals surface area (Å²) in [4.78, 5) is 19.8. The second-order valence-corrected chi connectivity index (χ2v) is 4.84. The van der Waals surface area contributed by atoms with E-state index in [2.05, 4.69) is 9.15 Å². The molecule has 0 unspecified atom stereocenters. The first-order valence-electron chi connectivity index (χ1n) is 8.00. The Balaban J connectivity index is 0.000000308. The van der Waals surface area contributed by atoms with Gasteiger partial charge in [-0.3, -0.25) is 9.59 Å². The molecule has 1 fully saturated rings. The van der Waals surface area contributed by atoms with Crippen molar-refractivity contribution in [2.24, 2.45) is 0 Å². The standard InChI is InChI=1S/C5H4O2.C5H6O.C4H6O2.C4H10O2/c6-4-5-2-1-3-7-5;1-5-3-2-4-6-5;5-4-2-1-3-6-4;5-3-1-2-4-6/h1-4H;2-4H,1H3;1-3H2;5-6H,1-4H2. The number of aliphatic hydroxyl groups is 2. The molecule has 2 aromatic heterocycles. The smallest absolute Gasteiger partial charge is 0.305 e. The maximum absolute atomic E-state index is 10.0. The fraction of sp³-hybridized carbons (Fsp3) is 0.444. The van der Waals surface area contributed by atoms with E-state index in [9.17, 15) is 9.59 Å². The lowest BCUT2D eigenvalue weighted by molar-refractivity contribution is -0.137. The summed E-state index contributed by atoms with van der Waals surface area (Å²) in [6, 6.07) is 7.06. The third kappa shape index (κ3) is 14.9. The molecule has 3 rings (SSSR count). The number of ether oxygens (including phenoxy) is 1. The molecule has 0 radical (unpaired) electrons. The molecule has 25 heavy (non-hydrogen) atoms. The van der Waals surface area contributed by atoms with Crippen LogP contribution in [-0.2, 0) is 9.53 Å². The monoisotopic (exact) mass is 354 g/mol. The van der Waals surface area contributed by atoms with Crippen LogP contribution in [0, 0.1) is 6.92 Å². The number of aldehydes is 1. The molecule has 0 amide bonds. The number of carbonyl (C=O) groups excluding carboxylic acids is 2. The van der Waals surface area contributed by atoms with Crippen molar-refractivity contribution in [1.82, 2.24) is 0 Å². The largest absolute Gasteiger partial charge is 0.470 e. The summed E-state index contributed by atoms with van der Waals surface area (Å²) in [7, 11) is 0. The van der Waals surface area contributed by atoms with E-state index in [1.165, 1.54) is 6.26 Å². The molecule has 140 valence electrons. The zero-order chi connectivity index (χ0) is 18.8. The van der Waals surface area contributed by atoms with Gasteiger partial charge < -0.3 is 23.8 Å². The highest BCUT2D eigenvalue weighted by Crippen LogP contribution is 2.01. The third-order valence-corrected chi connectivity index (χ3v) is 2.68. The highest BCUT2D eigenvalue weighted by molar-refractivity contribution is 5.70. The number of carbonyl (C=O) groups is 2. The van der Waals surface area contributed by atoms with Crippen molar-refractivity contribution in [3.63, 3.8) is 0 Å². The van der Waals surface area contributed by atoms with Gasteiger partial charge in [-0.15, -0.1) is 0 Å². The number of esters is 1. The maximum atomic E-state index is 10.0. The van der Waals surface area contributed by atoms with Crippen molar-refractivity contribution in [1.29, 1.82) is 0 Å². The molecule has 1 aliphatic heterocycles. The highest BCUT2D eigenvalue weighted by Gasteiger charge is 2.08. The molecular weight excluding hydrogens is 328 g/mol. The Morgan fingerprint density at radius 3 is 1.92 bits per heavy atom. The number of rotatable bonds is 4. The van der Waals surface area contributed by atoms with Crippen LogP contribution in [0.4, 0.5) is 0 Å². The molecule has 3 heterocycles. The van der Waals surface area contributed by atoms with Crippen LogP contribution in [0.25, 0.3) is 0 Å². The van der Waals surface area contributed by atoms with Crippen molar-refractivity contribution in [2.45, 2.75) is 32.6 Å². The SMILES string of the molecule is Cc1ccco1.O=C1CCCO1.O=Cc1ccco1.OCCCCO. The summed E-state index contributed by atoms with van der Waals surface area (Å²) >= 11 is 0. The molecule has 0 saturated carbocycles. The Bertz CT molecular complexity index is 506. The van der Waals surface area contributed by atoms with Gasteiger partial charge in [-0.2, -0.15) is 0 Å². The number of hydrogen-bond acceptors (Lipinski definition) is 7. The number of aryl methyl sites for hydroxylation is 1. The summed E-state index contributed by atoms with van der Waals surface area (Å²) in [5.41, 5.74) is 0. The predicted molar refractivity (Wildman–Crippen MR) is 91.1 cm³/mol. The Hall–Kier alpha value is -2.38. The molecule has 2 N–H and O–H groups in total. The fourth-order valence-corrected chi connectivity index (χ4v) is 1.42. The van der Waals surface area contributed by atoms with E-state index in [1.54, 1.807) is 18.4 Å². The molecule has 0 bridgehead atoms. The van der Waals surface area contributed by atoms with Crippen LogP contribution in [0.2, 0.25) is 0 Å². The first-order chi connectivity index (χ1) is 12.1. The van der Waals surface area contributed by atoms with Crippen molar-refractivity contribution in [3.8, 4) is 0 Å². The highest BCUT2D eigenvalue weighted by atomic mass is 16.5. The molecule has 0 aromatic carbocycles. The van der Waals surface area contributed by atoms with E-state index in [4.69, 9.17) is 14.6 Å². The van der Waals surface area contributed by atoms with Crippen LogP contribution in [0.1, 0.15) is 42.0 Å². The quantitative estimate of drug-likeness (QED) is 0.493. The molecule has 1 aliphatic rings. The number of furan rings is 2. The van der Waals surface area contributed by atoms with Crippen molar-refractivity contribution in [3.05, 3.63) is 48.3 Å². The Labute approximate surface area is 147 Å². The third-order valence-electron chi connectivity index (χ3n) is 2.68. The normalized spacial score (nSPS) is 11.7. The van der Waals surface area contributed by atoms with Gasteiger partial charge in [-0.1, -0.05) is 0 Å². The zero-order valence-electron chi connectivity index (χ0n) is 14.4. The topological polar surface area (TPSA) is 110 Å². The van der Waals surface area contributed by atoms with Crippen LogP contribution >= 0.6 is 0 Å². The van der Waals surface area contributed by atoms with Gasteiger partial charge in [-0.25, -0.2) is 0 Å². The number of cyclic esters (lactones) is 1. The molecule has 7 heteroatoms. The first kappa shape index (κ1) is 22.6. The van der Waals surface area contributed by atoms with Gasteiger partial charge in [0, 0.05) is 19.6 Å². The number of hydrogen-bond donors (Lipinski definition) is 2. The van der Waals surface area contributed by atoms with Gasteiger partial charge in [0.1, 0.15) is 5.76 Å². The van der Waals surface area contributed by atoms with Crippen molar-refractivity contribution >= 4 is 12.3 Å². The van der Waals surface area contributed by atoms with E-state index < -0.39 is 0 Å². The summed E-state index contributed by atoms with van der Waals surface area (Å²) in [6.45, 7) is 2.94. The lowest BCUT2D eigenvalue weighted by atomic mass is 10.3. The molecular formula is C18H26O7. The molecule has 0 spiro atoms. The molecule has 0 atom stereocenters. The molecule has 1 saturated heterocycles. The Morgan fingerprint density at radius 1 is 1.08 bits per heavy atom. The van der Waals surface area contributed by atoms with Gasteiger partial charge in [0.25, 0.3) is 0 Å². The minimum Gasteiger partial charge on any atom is -0.470 e. The van der Waals surface area contributed by atoms with E-state index in [0.717, 1.165) is 25.0 Å². The van der Waals surface area contributed by atoms with Crippen LogP contribution in [0.3, 0.4) is 0 Å². The summed E-state index contributed by atoms with van der Waals surface area (Å²) < 4.78 is 14.0. The predicted octanol–water partition coefficient (Wildman–Crippen LogP) is 2.75. The summed E-state index contributed by atoms with van der Waals surface area (Å²) in [5, 5.41) is 16.2. The van der Waals surface area contributed by atoms with Gasteiger partial charge in [0.15, 0.2) is 12.0 Å². The van der Waals surface area contributed by atoms with Gasteiger partial charge in [0.05, 0.1) is 19.1 Å². The fourth-order valence-electron chi connectivity index (χ4n) is 1.42. The van der Waals surface area contributed by atoms with E-state index in [1.807, 2.05) is 19.1 Å². The Morgan fingerprint density at radius 2 is 1.72 bits per heavy atom.